The molecule has 1 N–H and O–H groups in total. The zero-order valence-corrected chi connectivity index (χ0v) is 3.31. The molecular weight excluding hydrogens is 74.1 g/mol. The Kier molecular flexibility index (Phi) is 0.502. The topological polar surface area (TPSA) is 12.0 Å². The van der Waals surface area contributed by atoms with Crippen molar-refractivity contribution in [3.8, 4) is 0 Å². The Hall–Kier alpha value is -0.720. The third-order valence-corrected chi connectivity index (χ3v) is 0.554. The molecule has 0 radical (unpaired) electrons. The van der Waals surface area contributed by atoms with E-state index in [0.29, 0.717) is 0 Å². The smallest absolute Gasteiger partial charge is 0.0535 e. The Morgan fingerprint density at radius 1 is 1.67 bits per heavy atom. The van der Waals surface area contributed by atoms with E-state index in [1.165, 1.54) is 6.08 Å². The van der Waals surface area contributed by atoms with E-state index in [2.05, 4.69) is 5.32 Å². The molecule has 0 saturated carbocycles. The molecule has 1 aliphatic rings. The Labute approximate surface area is 40.2 Å². The van der Waals surface area contributed by atoms with Gasteiger partial charge >= 0.3 is 0 Å². The fourth-order valence-electron chi connectivity index (χ4n) is 0.304. The molecule has 0 aromatic heterocycles. The monoisotopic (exact) mass is 83.1 g/mol. The van der Waals surface area contributed by atoms with E-state index in [1.54, 1.807) is 18.4 Å². The maximum absolute atomic E-state index is 7.04. The van der Waals surface area contributed by atoms with Crippen molar-refractivity contribution in [3.05, 3.63) is 24.4 Å². The maximum atomic E-state index is 7.04. The largest absolute Gasteiger partial charge is 0.387 e. The van der Waals surface area contributed by atoms with Crippen LogP contribution < -0.4 is 5.32 Å². The van der Waals surface area contributed by atoms with Crippen molar-refractivity contribution in [1.82, 2.24) is 5.32 Å². The summed E-state index contributed by atoms with van der Waals surface area (Å²) in [6, 6.07) is 0. The van der Waals surface area contributed by atoms with Gasteiger partial charge in [-0.2, -0.15) is 0 Å². The average Bonchev–Trinajstić information content (AvgIpc) is 1.65. The molecular formula is C5H7N. The first-order chi connectivity index (χ1) is 3.71. The Balaban J connectivity index is 2.65. The van der Waals surface area contributed by atoms with Gasteiger partial charge in [0.2, 0.25) is 0 Å². The van der Waals surface area contributed by atoms with Crippen molar-refractivity contribution in [3.63, 3.8) is 0 Å². The van der Waals surface area contributed by atoms with Crippen molar-refractivity contribution in [2.24, 2.45) is 0 Å². The molecule has 1 rings (SSSR count). The van der Waals surface area contributed by atoms with Crippen molar-refractivity contribution in [2.45, 2.75) is 0 Å². The second kappa shape index (κ2) is 1.65. The number of allylic oxidation sites excluding steroid dienone is 2. The van der Waals surface area contributed by atoms with Gasteiger partial charge in [0.05, 0.1) is 2.74 Å². The van der Waals surface area contributed by atoms with E-state index in [9.17, 15) is 0 Å². The van der Waals surface area contributed by atoms with Crippen LogP contribution in [0.4, 0.5) is 0 Å². The number of hydrogen-bond donors (Lipinski definition) is 1. The zero-order chi connectivity index (χ0) is 6.04. The molecule has 0 aliphatic carbocycles. The number of dihydropyridines is 1. The van der Waals surface area contributed by atoms with Gasteiger partial charge in [-0.05, 0) is 12.3 Å². The molecule has 0 atom stereocenters. The summed E-state index contributed by atoms with van der Waals surface area (Å²) in [5.41, 5.74) is 0. The van der Waals surface area contributed by atoms with Gasteiger partial charge in [0, 0.05) is 6.50 Å². The molecule has 32 valence electrons. The van der Waals surface area contributed by atoms with Gasteiger partial charge in [0.25, 0.3) is 0 Å². The molecule has 0 spiro atoms. The van der Waals surface area contributed by atoms with Crippen LogP contribution in [-0.4, -0.2) is 6.50 Å². The minimum absolute atomic E-state index is 1.34. The molecule has 1 heterocycles. The normalized spacial score (nSPS) is 30.7. The lowest BCUT2D eigenvalue weighted by molar-refractivity contribution is 0.972. The van der Waals surface area contributed by atoms with Gasteiger partial charge in [0.15, 0.2) is 0 Å². The van der Waals surface area contributed by atoms with E-state index in [0.717, 1.165) is 0 Å². The van der Waals surface area contributed by atoms with Gasteiger partial charge < -0.3 is 5.32 Å². The van der Waals surface area contributed by atoms with Crippen LogP contribution in [0.5, 0.6) is 0 Å². The minimum Gasteiger partial charge on any atom is -0.387 e. The average molecular weight is 83.1 g/mol. The highest BCUT2D eigenvalue weighted by Gasteiger charge is 1.73. The van der Waals surface area contributed by atoms with Gasteiger partial charge in [-0.3, -0.25) is 0 Å². The van der Waals surface area contributed by atoms with Crippen LogP contribution in [0.1, 0.15) is 2.74 Å². The molecule has 0 aromatic carbocycles. The predicted octanol–water partition coefficient (Wildman–Crippen LogP) is 0.659. The molecule has 1 nitrogen and oxygen atoms in total. The Morgan fingerprint density at radius 2 is 2.67 bits per heavy atom. The van der Waals surface area contributed by atoms with E-state index in [-0.39, 0.29) is 0 Å². The SMILES string of the molecule is [2H]C1([2H])C=CC=CN1. The quantitative estimate of drug-likeness (QED) is 0.453. The summed E-state index contributed by atoms with van der Waals surface area (Å²) < 4.78 is 14.1. The number of hydrogen-bond acceptors (Lipinski definition) is 1. The summed E-state index contributed by atoms with van der Waals surface area (Å²) in [7, 11) is 0. The third-order valence-electron chi connectivity index (χ3n) is 0.554. The Morgan fingerprint density at radius 3 is 3.00 bits per heavy atom. The molecule has 1 aliphatic heterocycles. The molecule has 0 saturated heterocycles. The first-order valence-electron chi connectivity index (χ1n) is 2.83. The standard InChI is InChI=1S/C5H7N/c1-2-4-6-5-3-1/h1-4,6H,5H2/i5D2. The lowest BCUT2D eigenvalue weighted by atomic mass is 10.4. The summed E-state index contributed by atoms with van der Waals surface area (Å²) in [4.78, 5) is 0. The van der Waals surface area contributed by atoms with E-state index >= 15 is 0 Å². The summed E-state index contributed by atoms with van der Waals surface area (Å²) in [5, 5.41) is 2.52. The van der Waals surface area contributed by atoms with E-state index in [1.807, 2.05) is 0 Å². The van der Waals surface area contributed by atoms with Crippen LogP contribution in [0.3, 0.4) is 0 Å². The van der Waals surface area contributed by atoms with Crippen LogP contribution >= 0.6 is 0 Å². The highest BCUT2D eigenvalue weighted by Crippen LogP contribution is 1.78. The van der Waals surface area contributed by atoms with Crippen molar-refractivity contribution >= 4 is 0 Å². The van der Waals surface area contributed by atoms with Gasteiger partial charge in [-0.25, -0.2) is 0 Å². The number of rotatable bonds is 0. The van der Waals surface area contributed by atoms with E-state index in [4.69, 9.17) is 2.74 Å². The van der Waals surface area contributed by atoms with Crippen LogP contribution in [0.2, 0.25) is 0 Å². The van der Waals surface area contributed by atoms with Crippen molar-refractivity contribution in [2.75, 3.05) is 6.50 Å². The minimum atomic E-state index is -1.34. The summed E-state index contributed by atoms with van der Waals surface area (Å²) in [6.07, 6.45) is 6.48. The zero-order valence-electron chi connectivity index (χ0n) is 5.31. The Bertz CT molecular complexity index is 137. The molecule has 0 aromatic rings. The summed E-state index contributed by atoms with van der Waals surface area (Å²) in [6.45, 7) is -1.34. The van der Waals surface area contributed by atoms with E-state index < -0.39 is 6.50 Å². The number of nitrogens with one attached hydrogen (secondary N) is 1. The fourth-order valence-corrected chi connectivity index (χ4v) is 0.304. The van der Waals surface area contributed by atoms with Gasteiger partial charge in [0.1, 0.15) is 0 Å². The van der Waals surface area contributed by atoms with Crippen LogP contribution in [-0.2, 0) is 0 Å². The molecule has 1 heteroatoms. The molecule has 0 amide bonds. The van der Waals surface area contributed by atoms with Crippen molar-refractivity contribution in [1.29, 1.82) is 0 Å². The van der Waals surface area contributed by atoms with Crippen LogP contribution in [0, 0.1) is 0 Å². The first kappa shape index (κ1) is 1.82. The van der Waals surface area contributed by atoms with Crippen LogP contribution in [0.25, 0.3) is 0 Å². The molecule has 6 heavy (non-hydrogen) atoms. The summed E-state index contributed by atoms with van der Waals surface area (Å²) in [5.74, 6) is 0. The predicted molar refractivity (Wildman–Crippen MR) is 26.3 cm³/mol. The van der Waals surface area contributed by atoms with Gasteiger partial charge in [-0.15, -0.1) is 0 Å². The molecule has 0 fully saturated rings. The second-order valence-corrected chi connectivity index (χ2v) is 1.01. The lowest BCUT2D eigenvalue weighted by Crippen LogP contribution is -2.05. The first-order valence-corrected chi connectivity index (χ1v) is 1.83. The fraction of sp³-hybridized carbons (Fsp3) is 0.200. The highest BCUT2D eigenvalue weighted by atomic mass is 14.8. The molecule has 0 unspecified atom stereocenters. The maximum Gasteiger partial charge on any atom is 0.0535 e. The lowest BCUT2D eigenvalue weighted by Gasteiger charge is -1.94. The summed E-state index contributed by atoms with van der Waals surface area (Å²) >= 11 is 0. The van der Waals surface area contributed by atoms with Crippen molar-refractivity contribution < 1.29 is 2.74 Å². The van der Waals surface area contributed by atoms with Gasteiger partial charge in [-0.1, -0.05) is 12.2 Å². The highest BCUT2D eigenvalue weighted by molar-refractivity contribution is 5.06. The van der Waals surface area contributed by atoms with Crippen LogP contribution in [0.15, 0.2) is 24.4 Å². The molecule has 0 bridgehead atoms. The third kappa shape index (κ3) is 0.612. The second-order valence-electron chi connectivity index (χ2n) is 1.01.